The van der Waals surface area contributed by atoms with Crippen LogP contribution in [0.2, 0.25) is 0 Å². The molecule has 0 radical (unpaired) electrons. The molecule has 0 atom stereocenters. The number of hydrogen-bond acceptors (Lipinski definition) is 2. The van der Waals surface area contributed by atoms with Crippen LogP contribution < -0.4 is 5.32 Å². The molecule has 0 spiro atoms. The molecule has 1 aromatic heterocycles. The molecule has 0 fully saturated rings. The number of benzene rings is 1. The van der Waals surface area contributed by atoms with Gasteiger partial charge < -0.3 is 5.32 Å². The lowest BCUT2D eigenvalue weighted by atomic mass is 10.1. The Kier molecular flexibility index (Phi) is 4.68. The molecule has 1 aromatic carbocycles. The molecule has 1 N–H and O–H groups in total. The maximum Gasteiger partial charge on any atom is 0.123 e. The summed E-state index contributed by atoms with van der Waals surface area (Å²) in [7, 11) is 1.94. The lowest BCUT2D eigenvalue weighted by molar-refractivity contribution is 0.617. The van der Waals surface area contributed by atoms with Crippen LogP contribution in [0.25, 0.3) is 0 Å². The van der Waals surface area contributed by atoms with E-state index in [0.717, 1.165) is 24.9 Å². The van der Waals surface area contributed by atoms with E-state index in [1.165, 1.54) is 23.4 Å². The molecule has 0 saturated carbocycles. The van der Waals surface area contributed by atoms with Crippen molar-refractivity contribution in [2.75, 3.05) is 7.05 Å². The average Bonchev–Trinajstić information content (AvgIpc) is 2.77. The highest BCUT2D eigenvalue weighted by Crippen LogP contribution is 2.14. The van der Waals surface area contributed by atoms with Crippen LogP contribution in [0.5, 0.6) is 0 Å². The third kappa shape index (κ3) is 3.41. The van der Waals surface area contributed by atoms with Crippen molar-refractivity contribution in [1.29, 1.82) is 0 Å². The minimum atomic E-state index is -0.200. The van der Waals surface area contributed by atoms with E-state index in [2.05, 4.69) is 17.3 Å². The van der Waals surface area contributed by atoms with E-state index in [0.29, 0.717) is 6.54 Å². The number of nitrogens with zero attached hydrogens (tertiary/aromatic N) is 2. The molecule has 1 heterocycles. The van der Waals surface area contributed by atoms with Crippen molar-refractivity contribution < 1.29 is 4.39 Å². The summed E-state index contributed by atoms with van der Waals surface area (Å²) >= 11 is 0. The summed E-state index contributed by atoms with van der Waals surface area (Å²) < 4.78 is 14.9. The van der Waals surface area contributed by atoms with Gasteiger partial charge in [0.05, 0.1) is 12.7 Å². The summed E-state index contributed by atoms with van der Waals surface area (Å²) in [5.74, 6) is -0.200. The molecule has 0 bridgehead atoms. The first-order valence-corrected chi connectivity index (χ1v) is 6.67. The quantitative estimate of drug-likeness (QED) is 0.866. The smallest absolute Gasteiger partial charge is 0.123 e. The van der Waals surface area contributed by atoms with Crippen molar-refractivity contribution in [3.63, 3.8) is 0 Å². The third-order valence-corrected chi connectivity index (χ3v) is 3.13. The monoisotopic (exact) mass is 261 g/mol. The van der Waals surface area contributed by atoms with Gasteiger partial charge in [-0.05, 0) is 31.2 Å². The Morgan fingerprint density at radius 3 is 2.63 bits per heavy atom. The molecule has 0 aliphatic carbocycles. The van der Waals surface area contributed by atoms with Gasteiger partial charge in [0.2, 0.25) is 0 Å². The highest BCUT2D eigenvalue weighted by molar-refractivity contribution is 5.21. The van der Waals surface area contributed by atoms with Gasteiger partial charge in [0, 0.05) is 17.8 Å². The first kappa shape index (κ1) is 13.7. The largest absolute Gasteiger partial charge is 0.316 e. The van der Waals surface area contributed by atoms with Crippen molar-refractivity contribution >= 4 is 0 Å². The lowest BCUT2D eigenvalue weighted by Crippen LogP contribution is -2.10. The Bertz CT molecular complexity index is 517. The van der Waals surface area contributed by atoms with Crippen LogP contribution in [-0.2, 0) is 19.5 Å². The fraction of sp³-hybridized carbons (Fsp3) is 0.400. The second kappa shape index (κ2) is 6.48. The van der Waals surface area contributed by atoms with Crippen LogP contribution in [0.3, 0.4) is 0 Å². The normalized spacial score (nSPS) is 10.9. The molecule has 4 heteroatoms. The molecule has 2 rings (SSSR count). The lowest BCUT2D eigenvalue weighted by Gasteiger charge is -2.09. The van der Waals surface area contributed by atoms with Gasteiger partial charge in [-0.25, -0.2) is 4.39 Å². The van der Waals surface area contributed by atoms with E-state index in [1.54, 1.807) is 0 Å². The molecular weight excluding hydrogens is 241 g/mol. The fourth-order valence-electron chi connectivity index (χ4n) is 2.21. The Hall–Kier alpha value is -1.68. The van der Waals surface area contributed by atoms with Gasteiger partial charge >= 0.3 is 0 Å². The van der Waals surface area contributed by atoms with Gasteiger partial charge in [-0.1, -0.05) is 25.5 Å². The zero-order valence-corrected chi connectivity index (χ0v) is 11.5. The summed E-state index contributed by atoms with van der Waals surface area (Å²) in [6, 6.07) is 6.61. The average molecular weight is 261 g/mol. The molecule has 0 aliphatic heterocycles. The minimum Gasteiger partial charge on any atom is -0.316 e. The van der Waals surface area contributed by atoms with Crippen LogP contribution in [0.4, 0.5) is 4.39 Å². The summed E-state index contributed by atoms with van der Waals surface area (Å²) in [5.41, 5.74) is 3.57. The molecule has 3 nitrogen and oxygen atoms in total. The second-order valence-electron chi connectivity index (χ2n) is 4.68. The van der Waals surface area contributed by atoms with Gasteiger partial charge in [-0.15, -0.1) is 0 Å². The van der Waals surface area contributed by atoms with Gasteiger partial charge in [0.25, 0.3) is 0 Å². The molecule has 2 aromatic rings. The van der Waals surface area contributed by atoms with Gasteiger partial charge in [0.1, 0.15) is 5.82 Å². The fourth-order valence-corrected chi connectivity index (χ4v) is 2.21. The van der Waals surface area contributed by atoms with Crippen molar-refractivity contribution in [2.24, 2.45) is 0 Å². The van der Waals surface area contributed by atoms with Crippen LogP contribution in [-0.4, -0.2) is 16.8 Å². The van der Waals surface area contributed by atoms with E-state index in [1.807, 2.05) is 30.1 Å². The van der Waals surface area contributed by atoms with Crippen LogP contribution >= 0.6 is 0 Å². The standard InChI is InChI=1S/C15H20FN3/c1-3-4-15-13(9-17-2)10-18-19(15)11-12-5-7-14(16)8-6-12/h5-8,10,17H,3-4,9,11H2,1-2H3. The third-order valence-electron chi connectivity index (χ3n) is 3.13. The number of halogens is 1. The zero-order chi connectivity index (χ0) is 13.7. The number of rotatable bonds is 6. The summed E-state index contributed by atoms with van der Waals surface area (Å²) in [5, 5.41) is 7.62. The Morgan fingerprint density at radius 2 is 2.00 bits per heavy atom. The first-order chi connectivity index (χ1) is 9.24. The SMILES string of the molecule is CCCc1c(CNC)cnn1Cc1ccc(F)cc1. The van der Waals surface area contributed by atoms with Gasteiger partial charge in [-0.2, -0.15) is 5.10 Å². The van der Waals surface area contributed by atoms with E-state index < -0.39 is 0 Å². The van der Waals surface area contributed by atoms with Crippen molar-refractivity contribution in [1.82, 2.24) is 15.1 Å². The molecule has 0 amide bonds. The minimum absolute atomic E-state index is 0.200. The van der Waals surface area contributed by atoms with E-state index >= 15 is 0 Å². The molecule has 19 heavy (non-hydrogen) atoms. The molecular formula is C15H20FN3. The van der Waals surface area contributed by atoms with Crippen molar-refractivity contribution in [3.8, 4) is 0 Å². The maximum atomic E-state index is 12.9. The van der Waals surface area contributed by atoms with E-state index in [4.69, 9.17) is 0 Å². The highest BCUT2D eigenvalue weighted by atomic mass is 19.1. The van der Waals surface area contributed by atoms with E-state index in [9.17, 15) is 4.39 Å². The number of aromatic nitrogens is 2. The Balaban J connectivity index is 2.21. The summed E-state index contributed by atoms with van der Waals surface area (Å²) in [6.07, 6.45) is 4.02. The van der Waals surface area contributed by atoms with Gasteiger partial charge in [0.15, 0.2) is 0 Å². The summed E-state index contributed by atoms with van der Waals surface area (Å²) in [6.45, 7) is 3.69. The highest BCUT2D eigenvalue weighted by Gasteiger charge is 2.09. The zero-order valence-electron chi connectivity index (χ0n) is 11.5. The van der Waals surface area contributed by atoms with E-state index in [-0.39, 0.29) is 5.82 Å². The van der Waals surface area contributed by atoms with Crippen LogP contribution in [0, 0.1) is 5.82 Å². The Morgan fingerprint density at radius 1 is 1.26 bits per heavy atom. The molecule has 0 aliphatic rings. The maximum absolute atomic E-state index is 12.9. The van der Waals surface area contributed by atoms with Crippen molar-refractivity contribution in [3.05, 3.63) is 53.1 Å². The van der Waals surface area contributed by atoms with Gasteiger partial charge in [-0.3, -0.25) is 4.68 Å². The predicted octanol–water partition coefficient (Wildman–Crippen LogP) is 2.74. The predicted molar refractivity (Wildman–Crippen MR) is 74.5 cm³/mol. The van der Waals surface area contributed by atoms with Crippen molar-refractivity contribution in [2.45, 2.75) is 32.9 Å². The summed E-state index contributed by atoms with van der Waals surface area (Å²) in [4.78, 5) is 0. The molecule has 0 unspecified atom stereocenters. The second-order valence-corrected chi connectivity index (χ2v) is 4.68. The van der Waals surface area contributed by atoms with Crippen LogP contribution in [0.1, 0.15) is 30.2 Å². The molecule has 102 valence electrons. The number of nitrogens with one attached hydrogen (secondary N) is 1. The van der Waals surface area contributed by atoms with Crippen LogP contribution in [0.15, 0.2) is 30.5 Å². The Labute approximate surface area is 113 Å². The number of hydrogen-bond donors (Lipinski definition) is 1. The molecule has 0 saturated heterocycles. The first-order valence-electron chi connectivity index (χ1n) is 6.67. The topological polar surface area (TPSA) is 29.9 Å².